The van der Waals surface area contributed by atoms with Crippen LogP contribution in [0.25, 0.3) is 22.9 Å². The normalized spacial score (nSPS) is 11.7. The summed E-state index contributed by atoms with van der Waals surface area (Å²) in [4.78, 5) is 12.7. The first-order valence-electron chi connectivity index (χ1n) is 9.74. The number of hydrogen-bond acceptors (Lipinski definition) is 5. The maximum atomic E-state index is 12.7. The summed E-state index contributed by atoms with van der Waals surface area (Å²) in [6.07, 6.45) is -0.768. The predicted octanol–water partition coefficient (Wildman–Crippen LogP) is 5.77. The summed E-state index contributed by atoms with van der Waals surface area (Å²) in [6, 6.07) is 22.1. The van der Waals surface area contributed by atoms with Gasteiger partial charge in [0, 0.05) is 16.3 Å². The standard InChI is InChI=1S/C24H20ClN3O3/c1-15-19(25)12-8-13-20(15)26-22(29)16(2)30-21-14-7-6-11-18(21)24-28-27-23(31-24)17-9-4-3-5-10-17/h3-14,16H,1-2H3,(H,26,29). The van der Waals surface area contributed by atoms with Gasteiger partial charge in [-0.3, -0.25) is 4.79 Å². The van der Waals surface area contributed by atoms with Gasteiger partial charge in [0.05, 0.1) is 5.56 Å². The zero-order chi connectivity index (χ0) is 21.8. The van der Waals surface area contributed by atoms with Gasteiger partial charge in [-0.25, -0.2) is 0 Å². The van der Waals surface area contributed by atoms with Gasteiger partial charge >= 0.3 is 0 Å². The van der Waals surface area contributed by atoms with Crippen LogP contribution in [0.3, 0.4) is 0 Å². The minimum atomic E-state index is -0.768. The molecular weight excluding hydrogens is 414 g/mol. The Balaban J connectivity index is 1.53. The summed E-state index contributed by atoms with van der Waals surface area (Å²) in [6.45, 7) is 3.52. The van der Waals surface area contributed by atoms with Gasteiger partial charge in [0.1, 0.15) is 5.75 Å². The van der Waals surface area contributed by atoms with Crippen molar-refractivity contribution in [2.24, 2.45) is 0 Å². The van der Waals surface area contributed by atoms with Crippen molar-refractivity contribution in [1.29, 1.82) is 0 Å². The smallest absolute Gasteiger partial charge is 0.265 e. The minimum absolute atomic E-state index is 0.296. The fourth-order valence-electron chi connectivity index (χ4n) is 3.00. The number of carbonyl (C=O) groups excluding carboxylic acids is 1. The summed E-state index contributed by atoms with van der Waals surface area (Å²) in [7, 11) is 0. The van der Waals surface area contributed by atoms with Crippen molar-refractivity contribution < 1.29 is 13.9 Å². The number of para-hydroxylation sites is 1. The van der Waals surface area contributed by atoms with Crippen LogP contribution >= 0.6 is 11.6 Å². The molecule has 1 atom stereocenters. The molecule has 6 nitrogen and oxygen atoms in total. The Bertz CT molecular complexity index is 1210. The van der Waals surface area contributed by atoms with E-state index in [2.05, 4.69) is 15.5 Å². The van der Waals surface area contributed by atoms with E-state index in [1.165, 1.54) is 0 Å². The number of aromatic nitrogens is 2. The van der Waals surface area contributed by atoms with Gasteiger partial charge in [-0.05, 0) is 55.8 Å². The molecule has 31 heavy (non-hydrogen) atoms. The highest BCUT2D eigenvalue weighted by Gasteiger charge is 2.20. The van der Waals surface area contributed by atoms with Gasteiger partial charge in [-0.2, -0.15) is 0 Å². The van der Waals surface area contributed by atoms with Crippen molar-refractivity contribution in [3.63, 3.8) is 0 Å². The first-order valence-corrected chi connectivity index (χ1v) is 10.1. The van der Waals surface area contributed by atoms with Crippen molar-refractivity contribution in [2.75, 3.05) is 5.32 Å². The number of nitrogens with one attached hydrogen (secondary N) is 1. The maximum absolute atomic E-state index is 12.7. The molecule has 0 radical (unpaired) electrons. The Morgan fingerprint density at radius 1 is 0.968 bits per heavy atom. The predicted molar refractivity (Wildman–Crippen MR) is 120 cm³/mol. The lowest BCUT2D eigenvalue weighted by Crippen LogP contribution is -2.30. The van der Waals surface area contributed by atoms with Gasteiger partial charge in [-0.15, -0.1) is 10.2 Å². The zero-order valence-corrected chi connectivity index (χ0v) is 17.8. The summed E-state index contributed by atoms with van der Waals surface area (Å²) in [5, 5.41) is 11.7. The van der Waals surface area contributed by atoms with Gasteiger partial charge in [0.15, 0.2) is 6.10 Å². The third-order valence-electron chi connectivity index (χ3n) is 4.76. The second-order valence-electron chi connectivity index (χ2n) is 6.94. The van der Waals surface area contributed by atoms with Crippen LogP contribution in [0.5, 0.6) is 5.75 Å². The van der Waals surface area contributed by atoms with Crippen molar-refractivity contribution >= 4 is 23.2 Å². The molecule has 4 rings (SSSR count). The molecule has 1 unspecified atom stereocenters. The van der Waals surface area contributed by atoms with E-state index in [-0.39, 0.29) is 5.91 Å². The molecule has 4 aromatic rings. The largest absolute Gasteiger partial charge is 0.480 e. The molecule has 7 heteroatoms. The first-order chi connectivity index (χ1) is 15.0. The first kappa shape index (κ1) is 20.6. The zero-order valence-electron chi connectivity index (χ0n) is 17.0. The monoisotopic (exact) mass is 433 g/mol. The molecule has 1 N–H and O–H groups in total. The van der Waals surface area contributed by atoms with Crippen LogP contribution in [-0.2, 0) is 4.79 Å². The number of amides is 1. The Labute approximate surface area is 184 Å². The Kier molecular flexibility index (Phi) is 6.00. The summed E-state index contributed by atoms with van der Waals surface area (Å²) >= 11 is 6.14. The van der Waals surface area contributed by atoms with E-state index in [1.54, 1.807) is 31.2 Å². The highest BCUT2D eigenvalue weighted by molar-refractivity contribution is 6.31. The number of ether oxygens (including phenoxy) is 1. The molecule has 0 spiro atoms. The molecule has 0 saturated heterocycles. The topological polar surface area (TPSA) is 77.2 Å². The molecule has 0 fully saturated rings. The molecule has 0 aliphatic heterocycles. The van der Waals surface area contributed by atoms with E-state index < -0.39 is 6.10 Å². The van der Waals surface area contributed by atoms with Crippen LogP contribution in [0.15, 0.2) is 77.2 Å². The van der Waals surface area contributed by atoms with Crippen LogP contribution in [0.2, 0.25) is 5.02 Å². The lowest BCUT2D eigenvalue weighted by atomic mass is 10.2. The van der Waals surface area contributed by atoms with Crippen LogP contribution in [0.4, 0.5) is 5.69 Å². The average molecular weight is 434 g/mol. The molecule has 0 aliphatic carbocycles. The van der Waals surface area contributed by atoms with Crippen molar-refractivity contribution in [2.45, 2.75) is 20.0 Å². The number of carbonyl (C=O) groups is 1. The fraction of sp³-hybridized carbons (Fsp3) is 0.125. The molecule has 0 aliphatic rings. The van der Waals surface area contributed by atoms with Crippen LogP contribution < -0.4 is 10.1 Å². The van der Waals surface area contributed by atoms with E-state index in [1.807, 2.05) is 55.5 Å². The molecular formula is C24H20ClN3O3. The number of nitrogens with zero attached hydrogens (tertiary/aromatic N) is 2. The summed E-state index contributed by atoms with van der Waals surface area (Å²) in [5.74, 6) is 0.896. The lowest BCUT2D eigenvalue weighted by molar-refractivity contribution is -0.122. The summed E-state index contributed by atoms with van der Waals surface area (Å²) in [5.41, 5.74) is 2.87. The fourth-order valence-corrected chi connectivity index (χ4v) is 3.17. The van der Waals surface area contributed by atoms with E-state index in [0.717, 1.165) is 11.1 Å². The second kappa shape index (κ2) is 9.02. The van der Waals surface area contributed by atoms with Crippen molar-refractivity contribution in [3.05, 3.63) is 83.4 Å². The van der Waals surface area contributed by atoms with Gasteiger partial charge in [0.25, 0.3) is 11.8 Å². The molecule has 156 valence electrons. The van der Waals surface area contributed by atoms with Crippen LogP contribution in [-0.4, -0.2) is 22.2 Å². The highest BCUT2D eigenvalue weighted by Crippen LogP contribution is 2.32. The van der Waals surface area contributed by atoms with Crippen LogP contribution in [0, 0.1) is 6.92 Å². The van der Waals surface area contributed by atoms with Gasteiger partial charge < -0.3 is 14.5 Å². The van der Waals surface area contributed by atoms with Gasteiger partial charge in [0.2, 0.25) is 5.89 Å². The van der Waals surface area contributed by atoms with E-state index in [0.29, 0.717) is 33.8 Å². The van der Waals surface area contributed by atoms with E-state index in [9.17, 15) is 4.79 Å². The van der Waals surface area contributed by atoms with E-state index >= 15 is 0 Å². The van der Waals surface area contributed by atoms with Crippen molar-refractivity contribution in [3.8, 4) is 28.7 Å². The molecule has 3 aromatic carbocycles. The van der Waals surface area contributed by atoms with Crippen molar-refractivity contribution in [1.82, 2.24) is 10.2 Å². The average Bonchev–Trinajstić information content (AvgIpc) is 3.28. The second-order valence-corrected chi connectivity index (χ2v) is 7.34. The third kappa shape index (κ3) is 4.59. The number of rotatable bonds is 6. The number of halogens is 1. The van der Waals surface area contributed by atoms with E-state index in [4.69, 9.17) is 20.8 Å². The van der Waals surface area contributed by atoms with Crippen LogP contribution in [0.1, 0.15) is 12.5 Å². The number of hydrogen-bond donors (Lipinski definition) is 1. The molecule has 1 amide bonds. The minimum Gasteiger partial charge on any atom is -0.480 e. The molecule has 0 saturated carbocycles. The summed E-state index contributed by atoms with van der Waals surface area (Å²) < 4.78 is 11.8. The quantitative estimate of drug-likeness (QED) is 0.417. The Morgan fingerprint density at radius 3 is 2.48 bits per heavy atom. The molecule has 0 bridgehead atoms. The Hall–Kier alpha value is -3.64. The number of anilines is 1. The Morgan fingerprint density at radius 2 is 1.68 bits per heavy atom. The lowest BCUT2D eigenvalue weighted by Gasteiger charge is -2.17. The molecule has 1 aromatic heterocycles. The SMILES string of the molecule is Cc1c(Cl)cccc1NC(=O)C(C)Oc1ccccc1-c1nnc(-c2ccccc2)o1. The maximum Gasteiger partial charge on any atom is 0.265 e. The number of benzene rings is 3. The van der Waals surface area contributed by atoms with Gasteiger partial charge in [-0.1, -0.05) is 48.0 Å². The molecule has 1 heterocycles. The third-order valence-corrected chi connectivity index (χ3v) is 5.17. The highest BCUT2D eigenvalue weighted by atomic mass is 35.5.